The van der Waals surface area contributed by atoms with Crippen molar-refractivity contribution in [3.63, 3.8) is 0 Å². The molecule has 1 aromatic carbocycles. The first kappa shape index (κ1) is 13.7. The van der Waals surface area contributed by atoms with Gasteiger partial charge in [0, 0.05) is 24.6 Å². The van der Waals surface area contributed by atoms with Crippen LogP contribution in [0, 0.1) is 6.92 Å². The average Bonchev–Trinajstić information content (AvgIpc) is 2.34. The van der Waals surface area contributed by atoms with Crippen LogP contribution in [0.15, 0.2) is 18.2 Å². The summed E-state index contributed by atoms with van der Waals surface area (Å²) in [4.78, 5) is 14.1. The number of hydrogen-bond donors (Lipinski definition) is 1. The van der Waals surface area contributed by atoms with Gasteiger partial charge in [-0.3, -0.25) is 9.69 Å². The fourth-order valence-corrected chi connectivity index (χ4v) is 3.13. The molecule has 3 nitrogen and oxygen atoms in total. The van der Waals surface area contributed by atoms with Crippen molar-refractivity contribution in [3.8, 4) is 0 Å². The molecule has 0 saturated carbocycles. The Morgan fingerprint density at radius 2 is 2.17 bits per heavy atom. The Kier molecular flexibility index (Phi) is 4.92. The summed E-state index contributed by atoms with van der Waals surface area (Å²) in [5, 5.41) is 3.46. The van der Waals surface area contributed by atoms with Gasteiger partial charge in [-0.2, -0.15) is 11.8 Å². The summed E-state index contributed by atoms with van der Waals surface area (Å²) in [6.45, 7) is 4.40. The number of benzene rings is 1. The number of halogens is 1. The first-order valence-electron chi connectivity index (χ1n) is 6.01. The third-order valence-electron chi connectivity index (χ3n) is 2.87. The van der Waals surface area contributed by atoms with E-state index in [1.165, 1.54) is 0 Å². The molecule has 5 heteroatoms. The van der Waals surface area contributed by atoms with Crippen LogP contribution in [-0.4, -0.2) is 41.9 Å². The Morgan fingerprint density at radius 1 is 1.44 bits per heavy atom. The Labute approximate surface area is 117 Å². The maximum atomic E-state index is 11.9. The standard InChI is InChI=1S/C13H17ClN2OS/c1-10-2-3-12(11(14)8-10)15-13(17)9-16-4-6-18-7-5-16/h2-3,8H,4-7,9H2,1H3,(H,15,17). The van der Waals surface area contributed by atoms with Gasteiger partial charge in [0.15, 0.2) is 0 Å². The van der Waals surface area contributed by atoms with E-state index >= 15 is 0 Å². The predicted octanol–water partition coefficient (Wildman–Crippen LogP) is 2.64. The third-order valence-corrected chi connectivity index (χ3v) is 4.12. The number of anilines is 1. The predicted molar refractivity (Wildman–Crippen MR) is 78.6 cm³/mol. The Bertz CT molecular complexity index is 433. The maximum Gasteiger partial charge on any atom is 0.238 e. The van der Waals surface area contributed by atoms with E-state index in [0.29, 0.717) is 17.3 Å². The number of nitrogens with zero attached hydrogens (tertiary/aromatic N) is 1. The molecular weight excluding hydrogens is 268 g/mol. The fourth-order valence-electron chi connectivity index (χ4n) is 1.87. The summed E-state index contributed by atoms with van der Waals surface area (Å²) in [6.07, 6.45) is 0. The molecule has 0 spiro atoms. The number of hydrogen-bond acceptors (Lipinski definition) is 3. The molecule has 0 aromatic heterocycles. The molecule has 1 aromatic rings. The smallest absolute Gasteiger partial charge is 0.238 e. The van der Waals surface area contributed by atoms with Gasteiger partial charge in [-0.1, -0.05) is 17.7 Å². The van der Waals surface area contributed by atoms with E-state index in [1.54, 1.807) is 0 Å². The lowest BCUT2D eigenvalue weighted by Crippen LogP contribution is -2.38. The molecule has 18 heavy (non-hydrogen) atoms. The highest BCUT2D eigenvalue weighted by atomic mass is 35.5. The molecule has 1 saturated heterocycles. The van der Waals surface area contributed by atoms with Crippen molar-refractivity contribution in [1.29, 1.82) is 0 Å². The van der Waals surface area contributed by atoms with Gasteiger partial charge < -0.3 is 5.32 Å². The molecule has 2 rings (SSSR count). The van der Waals surface area contributed by atoms with Crippen molar-refractivity contribution >= 4 is 35.0 Å². The summed E-state index contributed by atoms with van der Waals surface area (Å²) in [6, 6.07) is 5.65. The van der Waals surface area contributed by atoms with Crippen molar-refractivity contribution in [3.05, 3.63) is 28.8 Å². The number of carbonyl (C=O) groups is 1. The van der Waals surface area contributed by atoms with Crippen molar-refractivity contribution in [2.24, 2.45) is 0 Å². The molecular formula is C13H17ClN2OS. The van der Waals surface area contributed by atoms with Gasteiger partial charge in [0.05, 0.1) is 17.3 Å². The SMILES string of the molecule is Cc1ccc(NC(=O)CN2CCSCC2)c(Cl)c1. The number of aryl methyl sites for hydroxylation is 1. The number of rotatable bonds is 3. The molecule has 0 aliphatic carbocycles. The van der Waals surface area contributed by atoms with Crippen LogP contribution >= 0.6 is 23.4 Å². The zero-order valence-corrected chi connectivity index (χ0v) is 12.0. The zero-order valence-electron chi connectivity index (χ0n) is 10.4. The summed E-state index contributed by atoms with van der Waals surface area (Å²) < 4.78 is 0. The van der Waals surface area contributed by atoms with Gasteiger partial charge in [0.25, 0.3) is 0 Å². The van der Waals surface area contributed by atoms with Crippen LogP contribution in [0.1, 0.15) is 5.56 Å². The van der Waals surface area contributed by atoms with Crippen molar-refractivity contribution in [2.45, 2.75) is 6.92 Å². The van der Waals surface area contributed by atoms with E-state index in [4.69, 9.17) is 11.6 Å². The Hall–Kier alpha value is -0.710. The van der Waals surface area contributed by atoms with Crippen LogP contribution in [-0.2, 0) is 4.79 Å². The second kappa shape index (κ2) is 6.45. The van der Waals surface area contributed by atoms with E-state index in [1.807, 2.05) is 36.9 Å². The summed E-state index contributed by atoms with van der Waals surface area (Å²) >= 11 is 8.02. The monoisotopic (exact) mass is 284 g/mol. The Morgan fingerprint density at radius 3 is 2.83 bits per heavy atom. The average molecular weight is 285 g/mol. The van der Waals surface area contributed by atoms with Gasteiger partial charge in [0.2, 0.25) is 5.91 Å². The van der Waals surface area contributed by atoms with E-state index < -0.39 is 0 Å². The van der Waals surface area contributed by atoms with Crippen molar-refractivity contribution in [2.75, 3.05) is 36.5 Å². The Balaban J connectivity index is 1.90. The second-order valence-corrected chi connectivity index (χ2v) is 6.05. The van der Waals surface area contributed by atoms with Crippen LogP contribution in [0.25, 0.3) is 0 Å². The number of carbonyl (C=O) groups excluding carboxylic acids is 1. The van der Waals surface area contributed by atoms with Gasteiger partial charge in [-0.15, -0.1) is 0 Å². The number of nitrogens with one attached hydrogen (secondary N) is 1. The molecule has 1 fully saturated rings. The second-order valence-electron chi connectivity index (χ2n) is 4.42. The van der Waals surface area contributed by atoms with Crippen LogP contribution < -0.4 is 5.32 Å². The van der Waals surface area contributed by atoms with Crippen molar-refractivity contribution in [1.82, 2.24) is 4.90 Å². The van der Waals surface area contributed by atoms with E-state index in [2.05, 4.69) is 10.2 Å². The molecule has 0 radical (unpaired) electrons. The lowest BCUT2D eigenvalue weighted by Gasteiger charge is -2.25. The highest BCUT2D eigenvalue weighted by Gasteiger charge is 2.14. The quantitative estimate of drug-likeness (QED) is 0.926. The largest absolute Gasteiger partial charge is 0.324 e. The molecule has 1 aliphatic rings. The minimum absolute atomic E-state index is 0.00709. The number of thioether (sulfide) groups is 1. The fraction of sp³-hybridized carbons (Fsp3) is 0.462. The van der Waals surface area contributed by atoms with E-state index in [0.717, 1.165) is 30.2 Å². The summed E-state index contributed by atoms with van der Waals surface area (Å²) in [7, 11) is 0. The molecule has 98 valence electrons. The molecule has 1 aliphatic heterocycles. The van der Waals surface area contributed by atoms with Gasteiger partial charge in [0.1, 0.15) is 0 Å². The molecule has 1 N–H and O–H groups in total. The lowest BCUT2D eigenvalue weighted by atomic mass is 10.2. The molecule has 0 unspecified atom stereocenters. The van der Waals surface area contributed by atoms with Crippen LogP contribution in [0.3, 0.4) is 0 Å². The maximum absolute atomic E-state index is 11.9. The van der Waals surface area contributed by atoms with Crippen molar-refractivity contribution < 1.29 is 4.79 Å². The summed E-state index contributed by atoms with van der Waals surface area (Å²) in [5.41, 5.74) is 1.78. The lowest BCUT2D eigenvalue weighted by molar-refractivity contribution is -0.117. The first-order valence-corrected chi connectivity index (χ1v) is 7.54. The first-order chi connectivity index (χ1) is 8.65. The van der Waals surface area contributed by atoms with E-state index in [9.17, 15) is 4.79 Å². The van der Waals surface area contributed by atoms with E-state index in [-0.39, 0.29) is 5.91 Å². The zero-order chi connectivity index (χ0) is 13.0. The third kappa shape index (κ3) is 3.90. The minimum atomic E-state index is 0.00709. The van der Waals surface area contributed by atoms with Crippen LogP contribution in [0.2, 0.25) is 5.02 Å². The highest BCUT2D eigenvalue weighted by molar-refractivity contribution is 7.99. The topological polar surface area (TPSA) is 32.3 Å². The molecule has 1 heterocycles. The van der Waals surface area contributed by atoms with Gasteiger partial charge in [-0.25, -0.2) is 0 Å². The van der Waals surface area contributed by atoms with Crippen LogP contribution in [0.5, 0.6) is 0 Å². The minimum Gasteiger partial charge on any atom is -0.324 e. The molecule has 0 atom stereocenters. The van der Waals surface area contributed by atoms with Crippen LogP contribution in [0.4, 0.5) is 5.69 Å². The molecule has 0 bridgehead atoms. The normalized spacial score (nSPS) is 16.6. The summed E-state index contributed by atoms with van der Waals surface area (Å²) in [5.74, 6) is 2.23. The number of amides is 1. The molecule has 1 amide bonds. The highest BCUT2D eigenvalue weighted by Crippen LogP contribution is 2.22. The van der Waals surface area contributed by atoms with Gasteiger partial charge >= 0.3 is 0 Å². The van der Waals surface area contributed by atoms with Gasteiger partial charge in [-0.05, 0) is 24.6 Å².